The van der Waals surface area contributed by atoms with E-state index in [4.69, 9.17) is 11.6 Å². The van der Waals surface area contributed by atoms with Crippen LogP contribution < -0.4 is 10.9 Å². The molecule has 128 valence electrons. The molecule has 0 aliphatic carbocycles. The third-order valence-electron chi connectivity index (χ3n) is 3.93. The second kappa shape index (κ2) is 7.44. The number of hydrogen-bond acceptors (Lipinski definition) is 4. The minimum Gasteiger partial charge on any atom is -0.349 e. The van der Waals surface area contributed by atoms with Gasteiger partial charge in [0, 0.05) is 11.4 Å². The average Bonchev–Trinajstić information content (AvgIpc) is 2.61. The van der Waals surface area contributed by atoms with Crippen LogP contribution in [0.4, 0.5) is 0 Å². The van der Waals surface area contributed by atoms with Gasteiger partial charge in [0.05, 0.1) is 18.0 Å². The molecule has 0 aliphatic heterocycles. The number of amides is 1. The summed E-state index contributed by atoms with van der Waals surface area (Å²) in [5.74, 6) is -0.186. The fraction of sp³-hybridized carbons (Fsp3) is 0.222. The molecule has 25 heavy (non-hydrogen) atoms. The smallest absolute Gasteiger partial charge is 0.277 e. The number of rotatable bonds is 5. The van der Waals surface area contributed by atoms with Crippen LogP contribution in [-0.4, -0.2) is 20.9 Å². The van der Waals surface area contributed by atoms with Gasteiger partial charge in [-0.2, -0.15) is 0 Å². The van der Waals surface area contributed by atoms with Crippen LogP contribution in [0, 0.1) is 0 Å². The molecule has 1 aromatic heterocycles. The molecule has 1 atom stereocenters. The number of nitrogens with zero attached hydrogens (tertiary/aromatic N) is 3. The Hall–Kier alpha value is -2.73. The van der Waals surface area contributed by atoms with E-state index in [1.54, 1.807) is 30.3 Å². The van der Waals surface area contributed by atoms with Gasteiger partial charge in [-0.25, -0.2) is 4.68 Å². The van der Waals surface area contributed by atoms with Crippen molar-refractivity contribution in [1.82, 2.24) is 20.3 Å². The van der Waals surface area contributed by atoms with E-state index in [2.05, 4.69) is 15.6 Å². The predicted octanol–water partition coefficient (Wildman–Crippen LogP) is 2.71. The number of carbonyl (C=O) groups excluding carboxylic acids is 1. The Morgan fingerprint density at radius 1 is 1.20 bits per heavy atom. The van der Waals surface area contributed by atoms with Gasteiger partial charge in [0.1, 0.15) is 5.52 Å². The first-order valence-electron chi connectivity index (χ1n) is 7.92. The van der Waals surface area contributed by atoms with E-state index in [-0.39, 0.29) is 30.5 Å². The van der Waals surface area contributed by atoms with Crippen LogP contribution in [0.3, 0.4) is 0 Å². The Labute approximate surface area is 149 Å². The van der Waals surface area contributed by atoms with Gasteiger partial charge >= 0.3 is 0 Å². The number of carbonyl (C=O) groups is 1. The van der Waals surface area contributed by atoms with Gasteiger partial charge in [-0.05, 0) is 30.7 Å². The van der Waals surface area contributed by atoms with Crippen molar-refractivity contribution in [1.29, 1.82) is 0 Å². The van der Waals surface area contributed by atoms with E-state index in [0.717, 1.165) is 5.56 Å². The quantitative estimate of drug-likeness (QED) is 0.762. The molecule has 0 fully saturated rings. The van der Waals surface area contributed by atoms with Crippen molar-refractivity contribution >= 4 is 28.4 Å². The van der Waals surface area contributed by atoms with Crippen molar-refractivity contribution in [3.8, 4) is 0 Å². The van der Waals surface area contributed by atoms with Crippen LogP contribution in [-0.2, 0) is 11.3 Å². The van der Waals surface area contributed by atoms with Crippen LogP contribution in [0.2, 0.25) is 5.02 Å². The molecule has 3 rings (SSSR count). The molecule has 6 nitrogen and oxygen atoms in total. The maximum absolute atomic E-state index is 12.3. The number of hydrogen-bond donors (Lipinski definition) is 1. The van der Waals surface area contributed by atoms with Crippen molar-refractivity contribution in [2.75, 3.05) is 0 Å². The normalized spacial score (nSPS) is 12.1. The van der Waals surface area contributed by atoms with Crippen molar-refractivity contribution in [3.63, 3.8) is 0 Å². The zero-order valence-corrected chi connectivity index (χ0v) is 14.4. The first-order valence-corrected chi connectivity index (χ1v) is 8.30. The van der Waals surface area contributed by atoms with Crippen LogP contribution in [0.25, 0.3) is 10.9 Å². The predicted molar refractivity (Wildman–Crippen MR) is 96.4 cm³/mol. The molecule has 3 aromatic rings. The molecule has 0 bridgehead atoms. The van der Waals surface area contributed by atoms with Crippen molar-refractivity contribution in [2.24, 2.45) is 0 Å². The molecule has 1 N–H and O–H groups in total. The van der Waals surface area contributed by atoms with Gasteiger partial charge in [-0.3, -0.25) is 9.59 Å². The largest absolute Gasteiger partial charge is 0.349 e. The number of halogens is 1. The van der Waals surface area contributed by atoms with Crippen molar-refractivity contribution in [3.05, 3.63) is 69.5 Å². The van der Waals surface area contributed by atoms with E-state index < -0.39 is 0 Å². The minimum absolute atomic E-state index is 0.127. The highest BCUT2D eigenvalue weighted by Crippen LogP contribution is 2.22. The topological polar surface area (TPSA) is 76.9 Å². The van der Waals surface area contributed by atoms with Crippen LogP contribution in [0.5, 0.6) is 0 Å². The second-order valence-corrected chi connectivity index (χ2v) is 6.10. The van der Waals surface area contributed by atoms with Crippen molar-refractivity contribution < 1.29 is 4.79 Å². The molecular weight excluding hydrogens is 340 g/mol. The molecule has 1 heterocycles. The Morgan fingerprint density at radius 3 is 2.72 bits per heavy atom. The van der Waals surface area contributed by atoms with Crippen LogP contribution in [0.1, 0.15) is 24.9 Å². The first-order chi connectivity index (χ1) is 12.1. The van der Waals surface area contributed by atoms with Gasteiger partial charge in [-0.1, -0.05) is 47.1 Å². The zero-order valence-electron chi connectivity index (χ0n) is 13.6. The summed E-state index contributed by atoms with van der Waals surface area (Å²) >= 11 is 6.14. The lowest BCUT2D eigenvalue weighted by atomic mass is 10.1. The molecule has 0 aliphatic rings. The zero-order chi connectivity index (χ0) is 17.8. The summed E-state index contributed by atoms with van der Waals surface area (Å²) in [6.45, 7) is 2.03. The molecule has 0 spiro atoms. The van der Waals surface area contributed by atoms with Gasteiger partial charge in [-0.15, -0.1) is 5.10 Å². The Bertz CT molecular complexity index is 970. The van der Waals surface area contributed by atoms with E-state index >= 15 is 0 Å². The van der Waals surface area contributed by atoms with Gasteiger partial charge in [0.2, 0.25) is 5.91 Å². The highest BCUT2D eigenvalue weighted by Gasteiger charge is 2.13. The summed E-state index contributed by atoms with van der Waals surface area (Å²) in [4.78, 5) is 24.5. The summed E-state index contributed by atoms with van der Waals surface area (Å²) in [5.41, 5.74) is 1.14. The van der Waals surface area contributed by atoms with Gasteiger partial charge in [0.25, 0.3) is 5.56 Å². The van der Waals surface area contributed by atoms with E-state index in [0.29, 0.717) is 15.9 Å². The number of fused-ring (bicyclic) bond motifs is 1. The van der Waals surface area contributed by atoms with Crippen LogP contribution in [0.15, 0.2) is 53.3 Å². The lowest BCUT2D eigenvalue weighted by Crippen LogP contribution is -2.30. The maximum atomic E-state index is 12.3. The van der Waals surface area contributed by atoms with Gasteiger partial charge < -0.3 is 5.32 Å². The van der Waals surface area contributed by atoms with E-state index in [1.807, 2.05) is 25.1 Å². The Morgan fingerprint density at radius 2 is 1.92 bits per heavy atom. The summed E-state index contributed by atoms with van der Waals surface area (Å²) < 4.78 is 1.21. The molecule has 0 saturated carbocycles. The first kappa shape index (κ1) is 17.1. The highest BCUT2D eigenvalue weighted by molar-refractivity contribution is 6.31. The molecule has 1 amide bonds. The third-order valence-corrected chi connectivity index (χ3v) is 4.27. The van der Waals surface area contributed by atoms with E-state index in [1.165, 1.54) is 4.68 Å². The molecule has 2 aromatic carbocycles. The third kappa shape index (κ3) is 3.85. The maximum Gasteiger partial charge on any atom is 0.277 e. The number of benzene rings is 2. The number of aryl methyl sites for hydroxylation is 1. The molecular formula is C18H17ClN4O2. The van der Waals surface area contributed by atoms with Crippen LogP contribution >= 0.6 is 11.6 Å². The average molecular weight is 357 g/mol. The fourth-order valence-electron chi connectivity index (χ4n) is 2.59. The summed E-state index contributed by atoms with van der Waals surface area (Å²) in [6, 6.07) is 14.1. The molecule has 0 unspecified atom stereocenters. The molecule has 7 heteroatoms. The second-order valence-electron chi connectivity index (χ2n) is 5.70. The number of nitrogens with one attached hydrogen (secondary N) is 1. The molecule has 0 radical (unpaired) electrons. The summed E-state index contributed by atoms with van der Waals surface area (Å²) in [7, 11) is 0. The standard InChI is InChI=1S/C18H17ClN4O2/c1-12(13-6-2-4-8-15(13)19)20-17(24)10-11-23-18(25)14-7-3-5-9-16(14)21-22-23/h2-9,12H,10-11H2,1H3,(H,20,24)/t12-/m1/s1. The number of aromatic nitrogens is 3. The Balaban J connectivity index is 1.66. The fourth-order valence-corrected chi connectivity index (χ4v) is 2.89. The van der Waals surface area contributed by atoms with E-state index in [9.17, 15) is 9.59 Å². The van der Waals surface area contributed by atoms with Gasteiger partial charge in [0.15, 0.2) is 0 Å². The lowest BCUT2D eigenvalue weighted by molar-refractivity contribution is -0.122. The monoisotopic (exact) mass is 356 g/mol. The minimum atomic E-state index is -0.252. The Kier molecular flexibility index (Phi) is 5.09. The highest BCUT2D eigenvalue weighted by atomic mass is 35.5. The SMILES string of the molecule is C[C@@H](NC(=O)CCn1nnc2ccccc2c1=O)c1ccccc1Cl. The summed E-state index contributed by atoms with van der Waals surface area (Å²) in [6.07, 6.45) is 0.127. The molecule has 0 saturated heterocycles. The lowest BCUT2D eigenvalue weighted by Gasteiger charge is -2.15. The summed E-state index contributed by atoms with van der Waals surface area (Å²) in [5, 5.41) is 11.9. The van der Waals surface area contributed by atoms with Crippen molar-refractivity contribution in [2.45, 2.75) is 25.9 Å².